The summed E-state index contributed by atoms with van der Waals surface area (Å²) in [6, 6.07) is 12.8. The molecular weight excluding hydrogens is 365 g/mol. The number of nitrogens with one attached hydrogen (secondary N) is 1. The Balaban J connectivity index is 1.54. The Kier molecular flexibility index (Phi) is 4.44. The maximum atomic E-state index is 13.0. The minimum absolute atomic E-state index is 0.117. The van der Waals surface area contributed by atoms with E-state index in [2.05, 4.69) is 15.5 Å². The number of hydrogen-bond acceptors (Lipinski definition) is 6. The van der Waals surface area contributed by atoms with Crippen molar-refractivity contribution in [2.75, 3.05) is 0 Å². The maximum absolute atomic E-state index is 13.0. The molecule has 0 bridgehead atoms. The van der Waals surface area contributed by atoms with Crippen LogP contribution in [0.3, 0.4) is 0 Å². The molecular formula is C20H14FN3O4. The van der Waals surface area contributed by atoms with Gasteiger partial charge in [0.25, 0.3) is 5.91 Å². The summed E-state index contributed by atoms with van der Waals surface area (Å²) in [5.74, 6) is -0.639. The van der Waals surface area contributed by atoms with Crippen molar-refractivity contribution in [1.29, 1.82) is 0 Å². The molecule has 2 heterocycles. The zero-order valence-corrected chi connectivity index (χ0v) is 14.7. The molecule has 1 atom stereocenters. The molecule has 4 rings (SSSR count). The van der Waals surface area contributed by atoms with Gasteiger partial charge in [0.2, 0.25) is 11.7 Å². The van der Waals surface area contributed by atoms with Crippen LogP contribution in [0.1, 0.15) is 29.4 Å². The summed E-state index contributed by atoms with van der Waals surface area (Å²) in [7, 11) is 0. The molecule has 1 N–H and O–H groups in total. The zero-order valence-electron chi connectivity index (χ0n) is 14.7. The predicted molar refractivity (Wildman–Crippen MR) is 98.1 cm³/mol. The Morgan fingerprint density at radius 2 is 1.89 bits per heavy atom. The third-order valence-corrected chi connectivity index (χ3v) is 4.12. The maximum Gasteiger partial charge on any atom is 0.287 e. The second-order valence-corrected chi connectivity index (χ2v) is 6.13. The highest BCUT2D eigenvalue weighted by Gasteiger charge is 2.20. The first kappa shape index (κ1) is 17.6. The second kappa shape index (κ2) is 7.07. The Hall–Kier alpha value is -3.81. The number of para-hydroxylation sites is 1. The third kappa shape index (κ3) is 3.39. The van der Waals surface area contributed by atoms with Gasteiger partial charge in [-0.25, -0.2) is 4.39 Å². The average Bonchev–Trinajstić information content (AvgIpc) is 3.19. The summed E-state index contributed by atoms with van der Waals surface area (Å²) in [5.41, 5.74) is 0.593. The van der Waals surface area contributed by atoms with E-state index < -0.39 is 11.9 Å². The number of amides is 1. The molecule has 0 radical (unpaired) electrons. The number of benzene rings is 2. The van der Waals surface area contributed by atoms with Crippen molar-refractivity contribution >= 4 is 16.9 Å². The summed E-state index contributed by atoms with van der Waals surface area (Å²) in [5, 5.41) is 6.89. The van der Waals surface area contributed by atoms with E-state index in [1.54, 1.807) is 31.2 Å². The van der Waals surface area contributed by atoms with E-state index in [1.807, 2.05) is 0 Å². The molecule has 28 heavy (non-hydrogen) atoms. The summed E-state index contributed by atoms with van der Waals surface area (Å²) >= 11 is 0. The Morgan fingerprint density at radius 3 is 2.68 bits per heavy atom. The smallest absolute Gasteiger partial charge is 0.287 e. The lowest BCUT2D eigenvalue weighted by Gasteiger charge is -2.09. The highest BCUT2D eigenvalue weighted by molar-refractivity contribution is 5.93. The summed E-state index contributed by atoms with van der Waals surface area (Å²) in [6.45, 7) is 1.65. The number of nitrogens with zero attached hydrogens (tertiary/aromatic N) is 2. The van der Waals surface area contributed by atoms with Crippen molar-refractivity contribution in [1.82, 2.24) is 15.5 Å². The van der Waals surface area contributed by atoms with Crippen molar-refractivity contribution < 1.29 is 18.1 Å². The van der Waals surface area contributed by atoms with E-state index in [9.17, 15) is 14.0 Å². The van der Waals surface area contributed by atoms with E-state index >= 15 is 0 Å². The molecule has 0 aliphatic carbocycles. The van der Waals surface area contributed by atoms with Gasteiger partial charge in [0.05, 0.1) is 5.39 Å². The highest BCUT2D eigenvalue weighted by atomic mass is 19.1. The van der Waals surface area contributed by atoms with Crippen molar-refractivity contribution in [2.45, 2.75) is 13.0 Å². The monoisotopic (exact) mass is 379 g/mol. The molecule has 0 saturated carbocycles. The third-order valence-electron chi connectivity index (χ3n) is 4.12. The largest absolute Gasteiger partial charge is 0.451 e. The van der Waals surface area contributed by atoms with Crippen molar-refractivity contribution in [3.05, 3.63) is 82.3 Å². The Labute approximate surface area is 157 Å². The number of carbonyl (C=O) groups is 1. The van der Waals surface area contributed by atoms with Crippen LogP contribution in [0, 0.1) is 5.82 Å². The van der Waals surface area contributed by atoms with E-state index in [0.29, 0.717) is 16.5 Å². The number of hydrogen-bond donors (Lipinski definition) is 1. The summed E-state index contributed by atoms with van der Waals surface area (Å²) in [6.07, 6.45) is 0. The second-order valence-electron chi connectivity index (χ2n) is 6.13. The molecule has 0 fully saturated rings. The molecule has 0 unspecified atom stereocenters. The first-order valence-corrected chi connectivity index (χ1v) is 8.44. The fourth-order valence-corrected chi connectivity index (χ4v) is 2.67. The number of aromatic nitrogens is 2. The fourth-order valence-electron chi connectivity index (χ4n) is 2.67. The van der Waals surface area contributed by atoms with Gasteiger partial charge in [-0.2, -0.15) is 4.98 Å². The van der Waals surface area contributed by atoms with Gasteiger partial charge in [0, 0.05) is 11.6 Å². The lowest BCUT2D eigenvalue weighted by Crippen LogP contribution is -2.27. The van der Waals surface area contributed by atoms with Gasteiger partial charge in [0.15, 0.2) is 11.2 Å². The summed E-state index contributed by atoms with van der Waals surface area (Å²) in [4.78, 5) is 28.8. The average molecular weight is 379 g/mol. The number of carbonyl (C=O) groups excluding carboxylic acids is 1. The van der Waals surface area contributed by atoms with Gasteiger partial charge in [-0.1, -0.05) is 17.3 Å². The molecule has 1 amide bonds. The first-order valence-electron chi connectivity index (χ1n) is 8.44. The highest BCUT2D eigenvalue weighted by Crippen LogP contribution is 2.19. The van der Waals surface area contributed by atoms with E-state index in [1.165, 1.54) is 24.3 Å². The van der Waals surface area contributed by atoms with Crippen LogP contribution in [0.15, 0.2) is 68.3 Å². The lowest BCUT2D eigenvalue weighted by molar-refractivity contribution is 0.0905. The van der Waals surface area contributed by atoms with Gasteiger partial charge in [-0.15, -0.1) is 0 Å². The zero-order chi connectivity index (χ0) is 19.7. The van der Waals surface area contributed by atoms with Gasteiger partial charge in [-0.05, 0) is 43.3 Å². The van der Waals surface area contributed by atoms with E-state index in [-0.39, 0.29) is 28.7 Å². The standard InChI is InChI=1S/C20H14FN3O4/c1-11(20-23-18(24-28-20)12-6-8-13(21)9-7-12)22-19(26)17-10-15(25)14-4-2-3-5-16(14)27-17/h2-11H,1H3,(H,22,26)/t11-/m1/s1. The SMILES string of the molecule is C[C@@H](NC(=O)c1cc(=O)c2ccccc2o1)c1nc(-c2ccc(F)cc2)no1. The molecule has 4 aromatic rings. The van der Waals surface area contributed by atoms with Crippen LogP contribution in [-0.2, 0) is 0 Å². The Bertz CT molecular complexity index is 1210. The Morgan fingerprint density at radius 1 is 1.14 bits per heavy atom. The van der Waals surface area contributed by atoms with Crippen LogP contribution in [0.25, 0.3) is 22.4 Å². The number of rotatable bonds is 4. The molecule has 7 nitrogen and oxygen atoms in total. The number of fused-ring (bicyclic) bond motifs is 1. The molecule has 0 saturated heterocycles. The first-order chi connectivity index (χ1) is 13.5. The van der Waals surface area contributed by atoms with Crippen molar-refractivity contribution in [2.24, 2.45) is 0 Å². The molecule has 0 spiro atoms. The van der Waals surface area contributed by atoms with Gasteiger partial charge >= 0.3 is 0 Å². The van der Waals surface area contributed by atoms with E-state index in [4.69, 9.17) is 8.94 Å². The van der Waals surface area contributed by atoms with Crippen LogP contribution in [-0.4, -0.2) is 16.0 Å². The molecule has 8 heteroatoms. The van der Waals surface area contributed by atoms with Crippen LogP contribution in [0.2, 0.25) is 0 Å². The lowest BCUT2D eigenvalue weighted by atomic mass is 10.2. The molecule has 0 aliphatic heterocycles. The minimum atomic E-state index is -0.633. The van der Waals surface area contributed by atoms with Gasteiger partial charge < -0.3 is 14.3 Å². The minimum Gasteiger partial charge on any atom is -0.451 e. The quantitative estimate of drug-likeness (QED) is 0.583. The molecule has 0 aliphatic rings. The molecule has 2 aromatic carbocycles. The van der Waals surface area contributed by atoms with Crippen LogP contribution in [0.4, 0.5) is 4.39 Å². The van der Waals surface area contributed by atoms with Gasteiger partial charge in [0.1, 0.15) is 17.4 Å². The fraction of sp³-hybridized carbons (Fsp3) is 0.100. The summed E-state index contributed by atoms with van der Waals surface area (Å²) < 4.78 is 23.7. The van der Waals surface area contributed by atoms with Gasteiger partial charge in [-0.3, -0.25) is 9.59 Å². The molecule has 2 aromatic heterocycles. The van der Waals surface area contributed by atoms with Crippen LogP contribution >= 0.6 is 0 Å². The normalized spacial score (nSPS) is 12.1. The van der Waals surface area contributed by atoms with Crippen molar-refractivity contribution in [3.63, 3.8) is 0 Å². The van der Waals surface area contributed by atoms with Crippen molar-refractivity contribution in [3.8, 4) is 11.4 Å². The van der Waals surface area contributed by atoms with Crippen LogP contribution < -0.4 is 10.7 Å². The topological polar surface area (TPSA) is 98.2 Å². The van der Waals surface area contributed by atoms with Crippen LogP contribution in [0.5, 0.6) is 0 Å². The molecule has 140 valence electrons. The predicted octanol–water partition coefficient (Wildman–Crippen LogP) is 3.47. The number of halogens is 1. The van der Waals surface area contributed by atoms with E-state index in [0.717, 1.165) is 6.07 Å².